The molecule has 0 spiro atoms. The predicted molar refractivity (Wildman–Crippen MR) is 93.8 cm³/mol. The Morgan fingerprint density at radius 1 is 1.19 bits per heavy atom. The van der Waals surface area contributed by atoms with Crippen molar-refractivity contribution in [3.8, 4) is 0 Å². The Morgan fingerprint density at radius 3 is 2.35 bits per heavy atom. The molecule has 2 amide bonds. The molecule has 0 saturated heterocycles. The van der Waals surface area contributed by atoms with Crippen molar-refractivity contribution < 1.29 is 22.8 Å². The third-order valence-electron chi connectivity index (χ3n) is 4.28. The molecule has 2 atom stereocenters. The molecule has 2 unspecified atom stereocenters. The van der Waals surface area contributed by atoms with Gasteiger partial charge in [-0.15, -0.1) is 0 Å². The lowest BCUT2D eigenvalue weighted by Crippen LogP contribution is -2.34. The van der Waals surface area contributed by atoms with Crippen LogP contribution in [0.2, 0.25) is 5.02 Å². The van der Waals surface area contributed by atoms with Crippen LogP contribution < -0.4 is 5.32 Å². The SMILES string of the molecule is CCCN(CCC)C(=O)C1CC1C(=O)Nc1ccc(Cl)c(C(F)(F)F)c1. The first-order valence-electron chi connectivity index (χ1n) is 8.65. The Bertz CT molecular complexity index is 673. The van der Waals surface area contributed by atoms with Gasteiger partial charge in [0, 0.05) is 18.8 Å². The highest BCUT2D eigenvalue weighted by Gasteiger charge is 2.49. The fourth-order valence-electron chi connectivity index (χ4n) is 2.92. The normalized spacial score (nSPS) is 19.2. The number of nitrogens with zero attached hydrogens (tertiary/aromatic N) is 1. The molecular formula is C18H22ClF3N2O2. The van der Waals surface area contributed by atoms with E-state index in [0.29, 0.717) is 19.5 Å². The van der Waals surface area contributed by atoms with Gasteiger partial charge in [-0.05, 0) is 37.5 Å². The maximum atomic E-state index is 12.9. The van der Waals surface area contributed by atoms with E-state index in [4.69, 9.17) is 11.6 Å². The predicted octanol–water partition coefficient (Wildman–Crippen LogP) is 4.58. The van der Waals surface area contributed by atoms with Crippen molar-refractivity contribution >= 4 is 29.1 Å². The molecule has 1 aliphatic carbocycles. The summed E-state index contributed by atoms with van der Waals surface area (Å²) in [6.45, 7) is 5.24. The molecule has 0 aromatic heterocycles. The van der Waals surface area contributed by atoms with Crippen LogP contribution in [0.15, 0.2) is 18.2 Å². The third-order valence-corrected chi connectivity index (χ3v) is 4.61. The molecule has 1 N–H and O–H groups in total. The fourth-order valence-corrected chi connectivity index (χ4v) is 3.14. The molecule has 0 bridgehead atoms. The molecule has 26 heavy (non-hydrogen) atoms. The summed E-state index contributed by atoms with van der Waals surface area (Å²) >= 11 is 5.57. The lowest BCUT2D eigenvalue weighted by Gasteiger charge is -2.21. The van der Waals surface area contributed by atoms with E-state index in [9.17, 15) is 22.8 Å². The summed E-state index contributed by atoms with van der Waals surface area (Å²) in [6.07, 6.45) is -2.51. The lowest BCUT2D eigenvalue weighted by atomic mass is 10.2. The van der Waals surface area contributed by atoms with Crippen molar-refractivity contribution in [3.63, 3.8) is 0 Å². The Morgan fingerprint density at radius 2 is 1.81 bits per heavy atom. The Hall–Kier alpha value is -1.76. The number of alkyl halides is 3. The maximum absolute atomic E-state index is 12.9. The number of amides is 2. The van der Waals surface area contributed by atoms with Gasteiger partial charge in [0.05, 0.1) is 22.4 Å². The zero-order valence-corrected chi connectivity index (χ0v) is 15.5. The standard InChI is InChI=1S/C18H22ClF3N2O2/c1-3-7-24(8-4-2)17(26)13-10-12(13)16(25)23-11-5-6-15(19)14(9-11)18(20,21)22/h5-6,9,12-13H,3-4,7-8,10H2,1-2H3,(H,23,25). The number of benzene rings is 1. The summed E-state index contributed by atoms with van der Waals surface area (Å²) in [5.74, 6) is -1.38. The molecular weight excluding hydrogens is 369 g/mol. The van der Waals surface area contributed by atoms with Gasteiger partial charge in [-0.1, -0.05) is 25.4 Å². The lowest BCUT2D eigenvalue weighted by molar-refractivity contribution is -0.137. The Kier molecular flexibility index (Phi) is 6.55. The van der Waals surface area contributed by atoms with Crippen molar-refractivity contribution in [1.82, 2.24) is 4.90 Å². The van der Waals surface area contributed by atoms with Crippen molar-refractivity contribution in [2.45, 2.75) is 39.3 Å². The highest BCUT2D eigenvalue weighted by atomic mass is 35.5. The second-order valence-electron chi connectivity index (χ2n) is 6.46. The fraction of sp³-hybridized carbons (Fsp3) is 0.556. The van der Waals surface area contributed by atoms with E-state index in [0.717, 1.165) is 25.0 Å². The van der Waals surface area contributed by atoms with E-state index in [-0.39, 0.29) is 17.5 Å². The van der Waals surface area contributed by atoms with Gasteiger partial charge in [-0.25, -0.2) is 0 Å². The molecule has 0 heterocycles. The third kappa shape index (κ3) is 4.90. The van der Waals surface area contributed by atoms with Gasteiger partial charge in [-0.2, -0.15) is 13.2 Å². The van der Waals surface area contributed by atoms with E-state index >= 15 is 0 Å². The Labute approximate surface area is 155 Å². The van der Waals surface area contributed by atoms with E-state index in [1.807, 2.05) is 13.8 Å². The van der Waals surface area contributed by atoms with Crippen LogP contribution in [-0.2, 0) is 15.8 Å². The topological polar surface area (TPSA) is 49.4 Å². The van der Waals surface area contributed by atoms with Gasteiger partial charge in [0.15, 0.2) is 0 Å². The first-order chi connectivity index (χ1) is 12.2. The number of hydrogen-bond donors (Lipinski definition) is 1. The summed E-state index contributed by atoms with van der Waals surface area (Å²) in [7, 11) is 0. The second-order valence-corrected chi connectivity index (χ2v) is 6.86. The van der Waals surface area contributed by atoms with Crippen molar-refractivity contribution in [1.29, 1.82) is 0 Å². The summed E-state index contributed by atoms with van der Waals surface area (Å²) in [5, 5.41) is 2.04. The number of rotatable bonds is 7. The van der Waals surface area contributed by atoms with E-state index in [1.165, 1.54) is 6.07 Å². The average molecular weight is 391 g/mol. The summed E-state index contributed by atoms with van der Waals surface area (Å²) in [5.41, 5.74) is -0.985. The number of halogens is 4. The molecule has 2 rings (SSSR count). The molecule has 1 aromatic rings. The molecule has 0 radical (unpaired) electrons. The van der Waals surface area contributed by atoms with E-state index in [2.05, 4.69) is 5.32 Å². The van der Waals surface area contributed by atoms with Crippen LogP contribution in [0.1, 0.15) is 38.7 Å². The van der Waals surface area contributed by atoms with E-state index in [1.54, 1.807) is 4.90 Å². The monoisotopic (exact) mass is 390 g/mol. The number of carbonyl (C=O) groups excluding carboxylic acids is 2. The van der Waals surface area contributed by atoms with Gasteiger partial charge in [0.1, 0.15) is 0 Å². The van der Waals surface area contributed by atoms with Crippen LogP contribution in [0.25, 0.3) is 0 Å². The van der Waals surface area contributed by atoms with Crippen LogP contribution in [-0.4, -0.2) is 29.8 Å². The van der Waals surface area contributed by atoms with Crippen LogP contribution in [0, 0.1) is 11.8 Å². The highest BCUT2D eigenvalue weighted by molar-refractivity contribution is 6.31. The molecule has 8 heteroatoms. The van der Waals surface area contributed by atoms with Crippen molar-refractivity contribution in [3.05, 3.63) is 28.8 Å². The highest BCUT2D eigenvalue weighted by Crippen LogP contribution is 2.41. The molecule has 4 nitrogen and oxygen atoms in total. The molecule has 1 saturated carbocycles. The first-order valence-corrected chi connectivity index (χ1v) is 9.03. The van der Waals surface area contributed by atoms with Gasteiger partial charge in [0.2, 0.25) is 11.8 Å². The minimum absolute atomic E-state index is 0.0174. The van der Waals surface area contributed by atoms with Gasteiger partial charge in [0.25, 0.3) is 0 Å². The van der Waals surface area contributed by atoms with Crippen LogP contribution in [0.4, 0.5) is 18.9 Å². The van der Waals surface area contributed by atoms with Gasteiger partial charge in [-0.3, -0.25) is 9.59 Å². The molecule has 1 aromatic carbocycles. The minimum atomic E-state index is -4.60. The zero-order chi connectivity index (χ0) is 19.5. The molecule has 1 fully saturated rings. The summed E-state index contributed by atoms with van der Waals surface area (Å²) in [4.78, 5) is 26.5. The van der Waals surface area contributed by atoms with Gasteiger partial charge < -0.3 is 10.2 Å². The quantitative estimate of drug-likeness (QED) is 0.740. The largest absolute Gasteiger partial charge is 0.417 e. The second kappa shape index (κ2) is 8.29. The first kappa shape index (κ1) is 20.6. The average Bonchev–Trinajstić information content (AvgIpc) is 3.35. The van der Waals surface area contributed by atoms with E-state index < -0.39 is 28.6 Å². The smallest absolute Gasteiger partial charge is 0.342 e. The molecule has 1 aliphatic rings. The van der Waals surface area contributed by atoms with Crippen molar-refractivity contribution in [2.75, 3.05) is 18.4 Å². The number of anilines is 1. The molecule has 0 aliphatic heterocycles. The number of carbonyl (C=O) groups is 2. The number of nitrogens with one attached hydrogen (secondary N) is 1. The maximum Gasteiger partial charge on any atom is 0.417 e. The summed E-state index contributed by atoms with van der Waals surface area (Å²) in [6, 6.07) is 3.22. The van der Waals surface area contributed by atoms with Gasteiger partial charge >= 0.3 is 6.18 Å². The Balaban J connectivity index is 2.01. The van der Waals surface area contributed by atoms with Crippen LogP contribution >= 0.6 is 11.6 Å². The van der Waals surface area contributed by atoms with Crippen LogP contribution in [0.3, 0.4) is 0 Å². The minimum Gasteiger partial charge on any atom is -0.342 e. The van der Waals surface area contributed by atoms with Crippen molar-refractivity contribution in [2.24, 2.45) is 11.8 Å². The molecule has 144 valence electrons. The van der Waals surface area contributed by atoms with Crippen LogP contribution in [0.5, 0.6) is 0 Å². The zero-order valence-electron chi connectivity index (χ0n) is 14.7. The summed E-state index contributed by atoms with van der Waals surface area (Å²) < 4.78 is 38.7. The number of hydrogen-bond acceptors (Lipinski definition) is 2.